The SMILES string of the molecule is CC(CN1CCOCC1)NCc1ccnc2ccccc12. The first-order valence-corrected chi connectivity index (χ1v) is 7.69. The van der Waals surface area contributed by atoms with Crippen molar-refractivity contribution in [2.75, 3.05) is 32.8 Å². The van der Waals surface area contributed by atoms with Crippen molar-refractivity contribution in [3.63, 3.8) is 0 Å². The molecular weight excluding hydrogens is 262 g/mol. The van der Waals surface area contributed by atoms with Crippen LogP contribution < -0.4 is 5.32 Å². The van der Waals surface area contributed by atoms with Gasteiger partial charge in [-0.1, -0.05) is 18.2 Å². The second-order valence-electron chi connectivity index (χ2n) is 5.68. The van der Waals surface area contributed by atoms with Gasteiger partial charge in [-0.15, -0.1) is 0 Å². The van der Waals surface area contributed by atoms with Crippen LogP contribution in [0.1, 0.15) is 12.5 Å². The fourth-order valence-electron chi connectivity index (χ4n) is 2.83. The highest BCUT2D eigenvalue weighted by Gasteiger charge is 2.13. The molecule has 4 nitrogen and oxygen atoms in total. The van der Waals surface area contributed by atoms with Crippen LogP contribution >= 0.6 is 0 Å². The summed E-state index contributed by atoms with van der Waals surface area (Å²) in [5.74, 6) is 0. The lowest BCUT2D eigenvalue weighted by atomic mass is 10.1. The van der Waals surface area contributed by atoms with Crippen LogP contribution in [-0.2, 0) is 11.3 Å². The van der Waals surface area contributed by atoms with Crippen LogP contribution in [0.15, 0.2) is 36.5 Å². The smallest absolute Gasteiger partial charge is 0.0705 e. The van der Waals surface area contributed by atoms with Crippen LogP contribution in [0.2, 0.25) is 0 Å². The number of aromatic nitrogens is 1. The van der Waals surface area contributed by atoms with Gasteiger partial charge in [-0.2, -0.15) is 0 Å². The van der Waals surface area contributed by atoms with E-state index in [9.17, 15) is 0 Å². The molecule has 2 aromatic rings. The van der Waals surface area contributed by atoms with Crippen LogP contribution in [0.3, 0.4) is 0 Å². The molecular formula is C17H23N3O. The third kappa shape index (κ3) is 3.79. The molecule has 21 heavy (non-hydrogen) atoms. The van der Waals surface area contributed by atoms with Gasteiger partial charge in [-0.05, 0) is 24.6 Å². The van der Waals surface area contributed by atoms with E-state index in [4.69, 9.17) is 4.74 Å². The first-order chi connectivity index (χ1) is 10.3. The lowest BCUT2D eigenvalue weighted by Crippen LogP contribution is -2.44. The molecule has 3 rings (SSSR count). The van der Waals surface area contributed by atoms with E-state index in [1.165, 1.54) is 10.9 Å². The Morgan fingerprint density at radius 3 is 2.90 bits per heavy atom. The van der Waals surface area contributed by atoms with E-state index < -0.39 is 0 Å². The Morgan fingerprint density at radius 1 is 1.24 bits per heavy atom. The zero-order chi connectivity index (χ0) is 14.5. The van der Waals surface area contributed by atoms with Gasteiger partial charge in [0.25, 0.3) is 0 Å². The van der Waals surface area contributed by atoms with Gasteiger partial charge >= 0.3 is 0 Å². The molecule has 1 fully saturated rings. The minimum absolute atomic E-state index is 0.468. The number of ether oxygens (including phenoxy) is 1. The van der Waals surface area contributed by atoms with E-state index in [0.29, 0.717) is 6.04 Å². The van der Waals surface area contributed by atoms with Crippen molar-refractivity contribution in [2.45, 2.75) is 19.5 Å². The molecule has 1 aliphatic rings. The fourth-order valence-corrected chi connectivity index (χ4v) is 2.83. The second-order valence-corrected chi connectivity index (χ2v) is 5.68. The summed E-state index contributed by atoms with van der Waals surface area (Å²) in [5, 5.41) is 4.87. The maximum Gasteiger partial charge on any atom is 0.0705 e. The zero-order valence-electron chi connectivity index (χ0n) is 12.6. The van der Waals surface area contributed by atoms with Crippen molar-refractivity contribution < 1.29 is 4.74 Å². The molecule has 2 heterocycles. The summed E-state index contributed by atoms with van der Waals surface area (Å²) < 4.78 is 5.39. The Hall–Kier alpha value is -1.49. The molecule has 1 aromatic carbocycles. The van der Waals surface area contributed by atoms with Crippen LogP contribution in [-0.4, -0.2) is 48.8 Å². The van der Waals surface area contributed by atoms with Gasteiger partial charge in [-0.3, -0.25) is 9.88 Å². The van der Waals surface area contributed by atoms with E-state index in [-0.39, 0.29) is 0 Å². The lowest BCUT2D eigenvalue weighted by molar-refractivity contribution is 0.0343. The summed E-state index contributed by atoms with van der Waals surface area (Å²) in [6.07, 6.45) is 1.89. The van der Waals surface area contributed by atoms with E-state index in [2.05, 4.69) is 46.4 Å². The van der Waals surface area contributed by atoms with Crippen LogP contribution in [0.5, 0.6) is 0 Å². The summed E-state index contributed by atoms with van der Waals surface area (Å²) in [6, 6.07) is 10.9. The summed E-state index contributed by atoms with van der Waals surface area (Å²) in [7, 11) is 0. The van der Waals surface area contributed by atoms with Crippen molar-refractivity contribution in [1.29, 1.82) is 0 Å². The molecule has 1 unspecified atom stereocenters. The monoisotopic (exact) mass is 285 g/mol. The van der Waals surface area contributed by atoms with Gasteiger partial charge in [0, 0.05) is 43.8 Å². The van der Waals surface area contributed by atoms with Crippen molar-refractivity contribution in [2.24, 2.45) is 0 Å². The predicted octanol–water partition coefficient (Wildman–Crippen LogP) is 2.05. The Kier molecular flexibility index (Phi) is 4.80. The van der Waals surface area contributed by atoms with Crippen molar-refractivity contribution in [1.82, 2.24) is 15.2 Å². The molecule has 0 radical (unpaired) electrons. The van der Waals surface area contributed by atoms with E-state index in [1.807, 2.05) is 12.3 Å². The van der Waals surface area contributed by atoms with E-state index in [1.54, 1.807) is 0 Å². The maximum absolute atomic E-state index is 5.39. The number of morpholine rings is 1. The number of nitrogens with zero attached hydrogens (tertiary/aromatic N) is 2. The molecule has 0 saturated carbocycles. The van der Waals surface area contributed by atoms with Gasteiger partial charge in [0.15, 0.2) is 0 Å². The van der Waals surface area contributed by atoms with Crippen molar-refractivity contribution in [3.05, 3.63) is 42.1 Å². The lowest BCUT2D eigenvalue weighted by Gasteiger charge is -2.29. The van der Waals surface area contributed by atoms with Gasteiger partial charge in [0.05, 0.1) is 18.7 Å². The molecule has 112 valence electrons. The number of fused-ring (bicyclic) bond motifs is 1. The molecule has 0 bridgehead atoms. The Balaban J connectivity index is 1.58. The number of pyridine rings is 1. The normalized spacial score (nSPS) is 18.0. The zero-order valence-corrected chi connectivity index (χ0v) is 12.6. The fraction of sp³-hybridized carbons (Fsp3) is 0.471. The van der Waals surface area contributed by atoms with Crippen LogP contribution in [0.4, 0.5) is 0 Å². The largest absolute Gasteiger partial charge is 0.379 e. The van der Waals surface area contributed by atoms with Crippen LogP contribution in [0, 0.1) is 0 Å². The Morgan fingerprint density at radius 2 is 2.05 bits per heavy atom. The van der Waals surface area contributed by atoms with Gasteiger partial charge in [0.2, 0.25) is 0 Å². The quantitative estimate of drug-likeness (QED) is 0.912. The molecule has 0 aliphatic carbocycles. The maximum atomic E-state index is 5.39. The Bertz CT molecular complexity index is 576. The number of rotatable bonds is 5. The summed E-state index contributed by atoms with van der Waals surface area (Å²) in [4.78, 5) is 6.88. The number of benzene rings is 1. The average molecular weight is 285 g/mol. The van der Waals surface area contributed by atoms with Crippen molar-refractivity contribution in [3.8, 4) is 0 Å². The highest BCUT2D eigenvalue weighted by molar-refractivity contribution is 5.81. The summed E-state index contributed by atoms with van der Waals surface area (Å²) >= 11 is 0. The average Bonchev–Trinajstić information content (AvgIpc) is 2.54. The van der Waals surface area contributed by atoms with E-state index >= 15 is 0 Å². The standard InChI is InChI=1S/C17H23N3O/c1-14(13-20-8-10-21-11-9-20)19-12-15-6-7-18-17-5-3-2-4-16(15)17/h2-7,14,19H,8-13H2,1H3. The summed E-state index contributed by atoms with van der Waals surface area (Å²) in [6.45, 7) is 8.03. The predicted molar refractivity (Wildman–Crippen MR) is 85.3 cm³/mol. The minimum Gasteiger partial charge on any atom is -0.379 e. The first-order valence-electron chi connectivity index (χ1n) is 7.69. The number of nitrogens with one attached hydrogen (secondary N) is 1. The van der Waals surface area contributed by atoms with Crippen molar-refractivity contribution >= 4 is 10.9 Å². The van der Waals surface area contributed by atoms with Crippen LogP contribution in [0.25, 0.3) is 10.9 Å². The molecule has 1 atom stereocenters. The molecule has 1 aromatic heterocycles. The third-order valence-electron chi connectivity index (χ3n) is 4.02. The number of para-hydroxylation sites is 1. The first kappa shape index (κ1) is 14.4. The van der Waals surface area contributed by atoms with Gasteiger partial charge in [0.1, 0.15) is 0 Å². The molecule has 0 amide bonds. The third-order valence-corrected chi connectivity index (χ3v) is 4.02. The summed E-state index contributed by atoms with van der Waals surface area (Å²) in [5.41, 5.74) is 2.38. The highest BCUT2D eigenvalue weighted by Crippen LogP contribution is 2.16. The molecule has 0 spiro atoms. The minimum atomic E-state index is 0.468. The number of hydrogen-bond acceptors (Lipinski definition) is 4. The molecule has 1 aliphatic heterocycles. The highest BCUT2D eigenvalue weighted by atomic mass is 16.5. The molecule has 4 heteroatoms. The number of hydrogen-bond donors (Lipinski definition) is 1. The molecule has 1 saturated heterocycles. The van der Waals surface area contributed by atoms with E-state index in [0.717, 1.165) is 44.9 Å². The van der Waals surface area contributed by atoms with Gasteiger partial charge < -0.3 is 10.1 Å². The topological polar surface area (TPSA) is 37.4 Å². The van der Waals surface area contributed by atoms with Gasteiger partial charge in [-0.25, -0.2) is 0 Å². The Labute approximate surface area is 126 Å². The second kappa shape index (κ2) is 6.98. The molecule has 1 N–H and O–H groups in total.